The standard InChI is InChI=1S/C9H8ClNO/c1-3-4-12-8-6-11-9(10)5-7(8)2/h1,5-6H,4H2,2H3. The predicted molar refractivity (Wildman–Crippen MR) is 48.3 cm³/mol. The molecule has 0 saturated heterocycles. The van der Waals surface area contributed by atoms with Crippen LogP contribution in [0.3, 0.4) is 0 Å². The molecule has 0 N–H and O–H groups in total. The highest BCUT2D eigenvalue weighted by molar-refractivity contribution is 6.29. The Morgan fingerprint density at radius 2 is 2.50 bits per heavy atom. The highest BCUT2D eigenvalue weighted by Gasteiger charge is 1.99. The first kappa shape index (κ1) is 8.89. The van der Waals surface area contributed by atoms with Gasteiger partial charge in [0.05, 0.1) is 6.20 Å². The van der Waals surface area contributed by atoms with Gasteiger partial charge in [-0.25, -0.2) is 4.98 Å². The van der Waals surface area contributed by atoms with Crippen LogP contribution in [0.15, 0.2) is 12.3 Å². The zero-order chi connectivity index (χ0) is 8.97. The molecule has 0 atom stereocenters. The minimum atomic E-state index is 0.254. The Balaban J connectivity index is 2.81. The molecule has 2 nitrogen and oxygen atoms in total. The average molecular weight is 182 g/mol. The second kappa shape index (κ2) is 3.99. The number of nitrogens with zero attached hydrogens (tertiary/aromatic N) is 1. The molecule has 0 aliphatic rings. The third-order valence-electron chi connectivity index (χ3n) is 1.34. The molecular formula is C9H8ClNO. The van der Waals surface area contributed by atoms with Crippen molar-refractivity contribution in [2.24, 2.45) is 0 Å². The molecule has 3 heteroatoms. The molecular weight excluding hydrogens is 174 g/mol. The maximum Gasteiger partial charge on any atom is 0.148 e. The summed E-state index contributed by atoms with van der Waals surface area (Å²) >= 11 is 5.64. The van der Waals surface area contributed by atoms with Crippen LogP contribution in [0.4, 0.5) is 0 Å². The smallest absolute Gasteiger partial charge is 0.148 e. The average Bonchev–Trinajstić information content (AvgIpc) is 2.03. The van der Waals surface area contributed by atoms with Crippen molar-refractivity contribution in [2.75, 3.05) is 6.61 Å². The second-order valence-corrected chi connectivity index (χ2v) is 2.65. The lowest BCUT2D eigenvalue weighted by Crippen LogP contribution is -1.96. The quantitative estimate of drug-likeness (QED) is 0.515. The van der Waals surface area contributed by atoms with E-state index in [0.717, 1.165) is 5.56 Å². The Morgan fingerprint density at radius 3 is 3.08 bits per heavy atom. The largest absolute Gasteiger partial charge is 0.479 e. The summed E-state index contributed by atoms with van der Waals surface area (Å²) in [5, 5.41) is 0.459. The lowest BCUT2D eigenvalue weighted by molar-refractivity contribution is 0.366. The molecule has 0 unspecified atom stereocenters. The van der Waals surface area contributed by atoms with E-state index >= 15 is 0 Å². The van der Waals surface area contributed by atoms with Crippen molar-refractivity contribution in [1.82, 2.24) is 4.98 Å². The lowest BCUT2D eigenvalue weighted by Gasteiger charge is -2.04. The summed E-state index contributed by atoms with van der Waals surface area (Å²) in [4.78, 5) is 3.86. The number of aryl methyl sites for hydroxylation is 1. The Hall–Kier alpha value is -1.20. The maximum absolute atomic E-state index is 5.64. The van der Waals surface area contributed by atoms with Gasteiger partial charge in [0.15, 0.2) is 0 Å². The number of ether oxygens (including phenoxy) is 1. The van der Waals surface area contributed by atoms with E-state index in [1.807, 2.05) is 6.92 Å². The number of aromatic nitrogens is 1. The first-order valence-electron chi connectivity index (χ1n) is 3.42. The van der Waals surface area contributed by atoms with Crippen LogP contribution in [0.1, 0.15) is 5.56 Å². The molecule has 1 rings (SSSR count). The minimum Gasteiger partial charge on any atom is -0.479 e. The van der Waals surface area contributed by atoms with Gasteiger partial charge >= 0.3 is 0 Å². The number of hydrogen-bond donors (Lipinski definition) is 0. The van der Waals surface area contributed by atoms with E-state index in [4.69, 9.17) is 22.8 Å². The van der Waals surface area contributed by atoms with Gasteiger partial charge in [0.1, 0.15) is 17.5 Å². The van der Waals surface area contributed by atoms with Crippen LogP contribution >= 0.6 is 11.6 Å². The summed E-state index contributed by atoms with van der Waals surface area (Å²) in [6.07, 6.45) is 6.60. The number of pyridine rings is 1. The summed E-state index contributed by atoms with van der Waals surface area (Å²) in [6.45, 7) is 2.14. The first-order chi connectivity index (χ1) is 5.74. The molecule has 0 aliphatic carbocycles. The molecule has 0 bridgehead atoms. The molecule has 1 aromatic rings. The molecule has 0 radical (unpaired) electrons. The summed E-state index contributed by atoms with van der Waals surface area (Å²) in [7, 11) is 0. The van der Waals surface area contributed by atoms with Gasteiger partial charge in [-0.2, -0.15) is 0 Å². The third-order valence-corrected chi connectivity index (χ3v) is 1.55. The van der Waals surface area contributed by atoms with Gasteiger partial charge in [-0.05, 0) is 18.6 Å². The number of halogens is 1. The SMILES string of the molecule is C#CCOc1cnc(Cl)cc1C. The van der Waals surface area contributed by atoms with Crippen LogP contribution < -0.4 is 4.74 Å². The second-order valence-electron chi connectivity index (χ2n) is 2.27. The Bertz CT molecular complexity index is 317. The Labute approximate surface area is 76.5 Å². The van der Waals surface area contributed by atoms with Crippen LogP contribution in [-0.2, 0) is 0 Å². The van der Waals surface area contributed by atoms with Crippen molar-refractivity contribution in [1.29, 1.82) is 0 Å². The fourth-order valence-corrected chi connectivity index (χ4v) is 0.992. The van der Waals surface area contributed by atoms with E-state index in [-0.39, 0.29) is 6.61 Å². The first-order valence-corrected chi connectivity index (χ1v) is 3.80. The van der Waals surface area contributed by atoms with Gasteiger partial charge in [0, 0.05) is 0 Å². The van der Waals surface area contributed by atoms with Crippen molar-refractivity contribution >= 4 is 11.6 Å². The number of rotatable bonds is 2. The molecule has 0 aromatic carbocycles. The van der Waals surface area contributed by atoms with Crippen LogP contribution in [0, 0.1) is 19.3 Å². The van der Waals surface area contributed by atoms with Crippen molar-refractivity contribution in [3.05, 3.63) is 23.0 Å². The third kappa shape index (κ3) is 2.14. The topological polar surface area (TPSA) is 22.1 Å². The molecule has 1 heterocycles. The zero-order valence-corrected chi connectivity index (χ0v) is 7.43. The maximum atomic E-state index is 5.64. The van der Waals surface area contributed by atoms with Gasteiger partial charge < -0.3 is 4.74 Å². The predicted octanol–water partition coefficient (Wildman–Crippen LogP) is 2.06. The minimum absolute atomic E-state index is 0.254. The normalized spacial score (nSPS) is 9.08. The molecule has 0 saturated carbocycles. The zero-order valence-electron chi connectivity index (χ0n) is 6.67. The van der Waals surface area contributed by atoms with Gasteiger partial charge in [0.2, 0.25) is 0 Å². The molecule has 0 aliphatic heterocycles. The van der Waals surface area contributed by atoms with Gasteiger partial charge in [-0.3, -0.25) is 0 Å². The van der Waals surface area contributed by atoms with E-state index in [9.17, 15) is 0 Å². The molecule has 0 spiro atoms. The summed E-state index contributed by atoms with van der Waals surface area (Å²) in [5.74, 6) is 3.05. The summed E-state index contributed by atoms with van der Waals surface area (Å²) < 4.78 is 5.18. The Morgan fingerprint density at radius 1 is 1.75 bits per heavy atom. The summed E-state index contributed by atoms with van der Waals surface area (Å²) in [5.41, 5.74) is 0.935. The highest BCUT2D eigenvalue weighted by Crippen LogP contribution is 2.18. The van der Waals surface area contributed by atoms with Crippen LogP contribution in [0.5, 0.6) is 5.75 Å². The van der Waals surface area contributed by atoms with Gasteiger partial charge in [-0.15, -0.1) is 6.42 Å². The summed E-state index contributed by atoms with van der Waals surface area (Å²) in [6, 6.07) is 1.73. The number of terminal acetylenes is 1. The fourth-order valence-electron chi connectivity index (χ4n) is 0.780. The van der Waals surface area contributed by atoms with E-state index in [0.29, 0.717) is 10.9 Å². The fraction of sp³-hybridized carbons (Fsp3) is 0.222. The Kier molecular flexibility index (Phi) is 2.95. The van der Waals surface area contributed by atoms with Gasteiger partial charge in [-0.1, -0.05) is 17.5 Å². The molecule has 1 aromatic heterocycles. The highest BCUT2D eigenvalue weighted by atomic mass is 35.5. The van der Waals surface area contributed by atoms with Gasteiger partial charge in [0.25, 0.3) is 0 Å². The van der Waals surface area contributed by atoms with Crippen LogP contribution in [-0.4, -0.2) is 11.6 Å². The van der Waals surface area contributed by atoms with Crippen LogP contribution in [0.2, 0.25) is 5.15 Å². The van der Waals surface area contributed by atoms with E-state index in [2.05, 4.69) is 10.9 Å². The van der Waals surface area contributed by atoms with Crippen molar-refractivity contribution < 1.29 is 4.74 Å². The van der Waals surface area contributed by atoms with E-state index in [1.165, 1.54) is 0 Å². The lowest BCUT2D eigenvalue weighted by atomic mass is 10.3. The molecule has 12 heavy (non-hydrogen) atoms. The molecule has 0 fully saturated rings. The van der Waals surface area contributed by atoms with E-state index in [1.54, 1.807) is 12.3 Å². The van der Waals surface area contributed by atoms with Crippen molar-refractivity contribution in [2.45, 2.75) is 6.92 Å². The van der Waals surface area contributed by atoms with Crippen molar-refractivity contribution in [3.8, 4) is 18.1 Å². The van der Waals surface area contributed by atoms with E-state index < -0.39 is 0 Å². The van der Waals surface area contributed by atoms with Crippen LogP contribution in [0.25, 0.3) is 0 Å². The molecule has 0 amide bonds. The van der Waals surface area contributed by atoms with Crippen molar-refractivity contribution in [3.63, 3.8) is 0 Å². The monoisotopic (exact) mass is 181 g/mol. The number of hydrogen-bond acceptors (Lipinski definition) is 2. The molecule has 62 valence electrons.